The summed E-state index contributed by atoms with van der Waals surface area (Å²) in [6, 6.07) is 5.18. The number of furan rings is 1. The molecular weight excluding hydrogens is 284 g/mol. The summed E-state index contributed by atoms with van der Waals surface area (Å²) in [5.41, 5.74) is 1.60. The lowest BCUT2D eigenvalue weighted by Crippen LogP contribution is -2.37. The molecule has 3 rings (SSSR count). The summed E-state index contributed by atoms with van der Waals surface area (Å²) in [7, 11) is 0. The highest BCUT2D eigenvalue weighted by atomic mass is 16.5. The monoisotopic (exact) mass is 302 g/mol. The number of urea groups is 1. The van der Waals surface area contributed by atoms with Crippen molar-refractivity contribution in [2.24, 2.45) is 0 Å². The van der Waals surface area contributed by atoms with E-state index in [1.54, 1.807) is 24.8 Å². The van der Waals surface area contributed by atoms with Gasteiger partial charge in [-0.05, 0) is 18.2 Å². The van der Waals surface area contributed by atoms with E-state index in [9.17, 15) is 4.79 Å². The summed E-state index contributed by atoms with van der Waals surface area (Å²) in [5, 5.41) is 5.63. The van der Waals surface area contributed by atoms with Crippen molar-refractivity contribution in [3.8, 4) is 0 Å². The quantitative estimate of drug-likeness (QED) is 0.901. The highest BCUT2D eigenvalue weighted by Gasteiger charge is 2.16. The van der Waals surface area contributed by atoms with Gasteiger partial charge in [0, 0.05) is 31.4 Å². The lowest BCUT2D eigenvalue weighted by Gasteiger charge is -2.29. The van der Waals surface area contributed by atoms with E-state index < -0.39 is 0 Å². The van der Waals surface area contributed by atoms with E-state index in [-0.39, 0.29) is 6.03 Å². The summed E-state index contributed by atoms with van der Waals surface area (Å²) in [6.45, 7) is 3.28. The highest BCUT2D eigenvalue weighted by molar-refractivity contribution is 5.92. The van der Waals surface area contributed by atoms with Crippen LogP contribution >= 0.6 is 0 Å². The molecular formula is C15H18N4O3. The number of aromatic nitrogens is 1. The van der Waals surface area contributed by atoms with Gasteiger partial charge >= 0.3 is 6.03 Å². The average Bonchev–Trinajstić information content (AvgIpc) is 3.08. The second-order valence-corrected chi connectivity index (χ2v) is 4.91. The number of pyridine rings is 1. The number of morpholine rings is 1. The minimum atomic E-state index is -0.274. The van der Waals surface area contributed by atoms with Crippen LogP contribution in [0, 0.1) is 0 Å². The first-order chi connectivity index (χ1) is 10.8. The van der Waals surface area contributed by atoms with Crippen LogP contribution in [0.4, 0.5) is 16.3 Å². The van der Waals surface area contributed by atoms with Crippen LogP contribution in [0.1, 0.15) is 5.56 Å². The van der Waals surface area contributed by atoms with Crippen molar-refractivity contribution in [3.05, 3.63) is 42.5 Å². The zero-order valence-electron chi connectivity index (χ0n) is 12.1. The molecule has 22 heavy (non-hydrogen) atoms. The Morgan fingerprint density at radius 3 is 2.95 bits per heavy atom. The SMILES string of the molecule is O=C(NCc1ccoc1)Nc1cccnc1N1CCOCC1. The Balaban J connectivity index is 1.62. The molecule has 1 fully saturated rings. The normalized spacial score (nSPS) is 14.6. The topological polar surface area (TPSA) is 79.6 Å². The van der Waals surface area contributed by atoms with Gasteiger partial charge in [-0.3, -0.25) is 0 Å². The molecule has 1 aliphatic heterocycles. The maximum absolute atomic E-state index is 12.0. The largest absolute Gasteiger partial charge is 0.472 e. The molecule has 1 aliphatic rings. The fourth-order valence-corrected chi connectivity index (χ4v) is 2.26. The molecule has 3 heterocycles. The fourth-order valence-electron chi connectivity index (χ4n) is 2.26. The standard InChI is InChI=1S/C15H18N4O3/c20-15(17-10-12-3-7-22-11-12)18-13-2-1-4-16-14(13)19-5-8-21-9-6-19/h1-4,7,11H,5-6,8-10H2,(H2,17,18,20). The van der Waals surface area contributed by atoms with E-state index >= 15 is 0 Å². The number of amides is 2. The first-order valence-electron chi connectivity index (χ1n) is 7.16. The molecule has 0 radical (unpaired) electrons. The minimum Gasteiger partial charge on any atom is -0.472 e. The molecule has 0 spiro atoms. The zero-order chi connectivity index (χ0) is 15.2. The smallest absolute Gasteiger partial charge is 0.319 e. The summed E-state index contributed by atoms with van der Waals surface area (Å²) in [6.07, 6.45) is 4.90. The third-order valence-electron chi connectivity index (χ3n) is 3.38. The number of hydrogen-bond donors (Lipinski definition) is 2. The van der Waals surface area contributed by atoms with Crippen molar-refractivity contribution in [1.82, 2.24) is 10.3 Å². The van der Waals surface area contributed by atoms with Crippen LogP contribution in [-0.2, 0) is 11.3 Å². The Bertz CT molecular complexity index is 609. The van der Waals surface area contributed by atoms with Crippen molar-refractivity contribution in [2.45, 2.75) is 6.54 Å². The molecule has 116 valence electrons. The van der Waals surface area contributed by atoms with Gasteiger partial charge in [-0.15, -0.1) is 0 Å². The van der Waals surface area contributed by atoms with Crippen molar-refractivity contribution in [1.29, 1.82) is 0 Å². The lowest BCUT2D eigenvalue weighted by atomic mass is 10.3. The molecule has 0 aliphatic carbocycles. The van der Waals surface area contributed by atoms with E-state index in [4.69, 9.17) is 9.15 Å². The number of rotatable bonds is 4. The van der Waals surface area contributed by atoms with E-state index in [2.05, 4.69) is 20.5 Å². The molecule has 0 atom stereocenters. The second kappa shape index (κ2) is 6.95. The number of carbonyl (C=O) groups is 1. The fraction of sp³-hybridized carbons (Fsp3) is 0.333. The molecule has 2 amide bonds. The third kappa shape index (κ3) is 3.56. The van der Waals surface area contributed by atoms with Crippen LogP contribution in [0.5, 0.6) is 0 Å². The number of nitrogens with zero attached hydrogens (tertiary/aromatic N) is 2. The molecule has 2 N–H and O–H groups in total. The van der Waals surface area contributed by atoms with Crippen LogP contribution in [0.15, 0.2) is 41.3 Å². The van der Waals surface area contributed by atoms with Gasteiger partial charge in [-0.2, -0.15) is 0 Å². The van der Waals surface area contributed by atoms with Crippen LogP contribution in [0.25, 0.3) is 0 Å². The maximum Gasteiger partial charge on any atom is 0.319 e. The number of nitrogens with one attached hydrogen (secondary N) is 2. The van der Waals surface area contributed by atoms with Gasteiger partial charge in [-0.25, -0.2) is 9.78 Å². The van der Waals surface area contributed by atoms with Gasteiger partial charge in [0.05, 0.1) is 31.4 Å². The molecule has 2 aromatic heterocycles. The van der Waals surface area contributed by atoms with Gasteiger partial charge in [0.2, 0.25) is 0 Å². The Labute approximate surface area is 128 Å². The summed E-state index contributed by atoms with van der Waals surface area (Å²) in [4.78, 5) is 18.5. The number of carbonyl (C=O) groups excluding carboxylic acids is 1. The first kappa shape index (κ1) is 14.4. The molecule has 0 saturated carbocycles. The van der Waals surface area contributed by atoms with E-state index in [1.807, 2.05) is 12.1 Å². The second-order valence-electron chi connectivity index (χ2n) is 4.91. The van der Waals surface area contributed by atoms with Gasteiger partial charge in [0.1, 0.15) is 0 Å². The van der Waals surface area contributed by atoms with Gasteiger partial charge in [-0.1, -0.05) is 0 Å². The Kier molecular flexibility index (Phi) is 4.55. The Hall–Kier alpha value is -2.54. The molecule has 0 bridgehead atoms. The Morgan fingerprint density at radius 2 is 2.18 bits per heavy atom. The minimum absolute atomic E-state index is 0.274. The summed E-state index contributed by atoms with van der Waals surface area (Å²) < 4.78 is 10.3. The molecule has 0 aromatic carbocycles. The first-order valence-corrected chi connectivity index (χ1v) is 7.16. The van der Waals surface area contributed by atoms with Crippen LogP contribution < -0.4 is 15.5 Å². The number of hydrogen-bond acceptors (Lipinski definition) is 5. The Morgan fingerprint density at radius 1 is 1.32 bits per heavy atom. The molecule has 0 unspecified atom stereocenters. The third-order valence-corrected chi connectivity index (χ3v) is 3.38. The van der Waals surface area contributed by atoms with Crippen LogP contribution in [0.3, 0.4) is 0 Å². The molecule has 1 saturated heterocycles. The molecule has 7 nitrogen and oxygen atoms in total. The average molecular weight is 302 g/mol. The molecule has 2 aromatic rings. The summed E-state index contributed by atoms with van der Waals surface area (Å²) >= 11 is 0. The van der Waals surface area contributed by atoms with E-state index in [0.717, 1.165) is 24.5 Å². The van der Waals surface area contributed by atoms with Crippen molar-refractivity contribution >= 4 is 17.5 Å². The van der Waals surface area contributed by atoms with Crippen LogP contribution in [0.2, 0.25) is 0 Å². The van der Waals surface area contributed by atoms with Gasteiger partial charge in [0.25, 0.3) is 0 Å². The van der Waals surface area contributed by atoms with Crippen molar-refractivity contribution in [2.75, 3.05) is 36.5 Å². The van der Waals surface area contributed by atoms with Gasteiger partial charge in [0.15, 0.2) is 5.82 Å². The number of anilines is 2. The zero-order valence-corrected chi connectivity index (χ0v) is 12.1. The molecule has 7 heteroatoms. The van der Waals surface area contributed by atoms with E-state index in [1.165, 1.54) is 0 Å². The summed E-state index contributed by atoms with van der Waals surface area (Å²) in [5.74, 6) is 0.768. The highest BCUT2D eigenvalue weighted by Crippen LogP contribution is 2.23. The van der Waals surface area contributed by atoms with E-state index in [0.29, 0.717) is 25.4 Å². The van der Waals surface area contributed by atoms with Crippen LogP contribution in [-0.4, -0.2) is 37.3 Å². The maximum atomic E-state index is 12.0. The number of ether oxygens (including phenoxy) is 1. The van der Waals surface area contributed by atoms with Crippen molar-refractivity contribution in [3.63, 3.8) is 0 Å². The predicted octanol–water partition coefficient (Wildman–Crippen LogP) is 1.83. The van der Waals surface area contributed by atoms with Gasteiger partial charge < -0.3 is 24.7 Å². The predicted molar refractivity (Wildman–Crippen MR) is 81.8 cm³/mol. The van der Waals surface area contributed by atoms with Crippen molar-refractivity contribution < 1.29 is 13.9 Å². The lowest BCUT2D eigenvalue weighted by molar-refractivity contribution is 0.122.